The lowest BCUT2D eigenvalue weighted by molar-refractivity contribution is -0.140. The van der Waals surface area contributed by atoms with Crippen molar-refractivity contribution in [1.29, 1.82) is 0 Å². The molecule has 2 unspecified atom stereocenters. The topological polar surface area (TPSA) is 96.4 Å². The molecule has 0 aliphatic carbocycles. The molecule has 0 saturated carbocycles. The number of carboxylic acid groups (broad SMARTS) is 1. The van der Waals surface area contributed by atoms with Gasteiger partial charge in [0.15, 0.2) is 0 Å². The molecule has 4 heterocycles. The highest BCUT2D eigenvalue weighted by atomic mass is 79.9. The Labute approximate surface area is 295 Å². The fourth-order valence-electron chi connectivity index (χ4n) is 8.40. The highest BCUT2D eigenvalue weighted by molar-refractivity contribution is 9.11. The maximum absolute atomic E-state index is 14.7. The fourth-order valence-corrected chi connectivity index (χ4v) is 9.68. The van der Waals surface area contributed by atoms with Gasteiger partial charge in [-0.1, -0.05) is 50.1 Å². The van der Waals surface area contributed by atoms with Gasteiger partial charge in [0, 0.05) is 52.9 Å². The summed E-state index contributed by atoms with van der Waals surface area (Å²) in [6.45, 7) is 6.56. The summed E-state index contributed by atoms with van der Waals surface area (Å²) >= 11 is 7.37. The fraction of sp³-hybridized carbons (Fsp3) is 0.583. The van der Waals surface area contributed by atoms with Crippen LogP contribution in [0.3, 0.4) is 0 Å². The number of fused-ring (bicyclic) bond motifs is 1. The Hall–Kier alpha value is -2.63. The Morgan fingerprint density at radius 2 is 1.57 bits per heavy atom. The number of amides is 4. The maximum atomic E-state index is 14.7. The number of halogens is 2. The lowest BCUT2D eigenvalue weighted by atomic mass is 9.78. The van der Waals surface area contributed by atoms with Crippen LogP contribution in [0.25, 0.3) is 0 Å². The molecule has 47 heavy (non-hydrogen) atoms. The molecule has 0 bridgehead atoms. The van der Waals surface area contributed by atoms with Gasteiger partial charge < -0.3 is 30.0 Å². The van der Waals surface area contributed by atoms with Crippen LogP contribution in [0.2, 0.25) is 0 Å². The molecule has 4 aliphatic rings. The van der Waals surface area contributed by atoms with Crippen molar-refractivity contribution >= 4 is 55.6 Å². The molecule has 6 rings (SSSR count). The molecule has 3 saturated heterocycles. The lowest BCUT2D eigenvalue weighted by Crippen LogP contribution is -2.59. The summed E-state index contributed by atoms with van der Waals surface area (Å²) in [6, 6.07) is 11.1. The molecule has 2 aromatic carbocycles. The number of nitrogens with zero attached hydrogens (tertiary/aromatic N) is 4. The first-order valence-electron chi connectivity index (χ1n) is 17.2. The Morgan fingerprint density at radius 1 is 0.936 bits per heavy atom. The average Bonchev–Trinajstić information content (AvgIpc) is 3.24. The van der Waals surface area contributed by atoms with Crippen LogP contribution in [0.4, 0.5) is 15.3 Å². The van der Waals surface area contributed by atoms with Crippen LogP contribution >= 0.6 is 31.9 Å². The first kappa shape index (κ1) is 34.2. The third-order valence-electron chi connectivity index (χ3n) is 11.3. The van der Waals surface area contributed by atoms with E-state index in [2.05, 4.69) is 61.3 Å². The summed E-state index contributed by atoms with van der Waals surface area (Å²) in [7, 11) is 2.19. The number of nitrogens with one attached hydrogen (secondary N) is 1. The number of benzene rings is 2. The second-order valence-corrected chi connectivity index (χ2v) is 15.8. The smallest absolute Gasteiger partial charge is 0.407 e. The van der Waals surface area contributed by atoms with Gasteiger partial charge in [-0.2, -0.15) is 0 Å². The van der Waals surface area contributed by atoms with E-state index in [-0.39, 0.29) is 24.5 Å². The SMILES string of the molecule is Cc1c(Br)cc(CC(C(=O)N2CCC(C3CCN(C)CC3)CC2)[C@H]2CC(N3CCc4ccccc4NC3=O)CCN2C(=O)O)cc1Br. The molecule has 9 nitrogen and oxygen atoms in total. The number of urea groups is 1. The minimum absolute atomic E-state index is 0.0317. The molecule has 4 aliphatic heterocycles. The molecule has 0 spiro atoms. The molecule has 0 aromatic heterocycles. The molecule has 254 valence electrons. The van der Waals surface area contributed by atoms with Gasteiger partial charge in [0.25, 0.3) is 0 Å². The number of anilines is 1. The summed E-state index contributed by atoms with van der Waals surface area (Å²) in [5.41, 5.74) is 3.97. The lowest BCUT2D eigenvalue weighted by Gasteiger charge is -2.46. The summed E-state index contributed by atoms with van der Waals surface area (Å²) in [5.74, 6) is 0.816. The van der Waals surface area contributed by atoms with E-state index in [0.29, 0.717) is 50.7 Å². The molecule has 11 heteroatoms. The second-order valence-electron chi connectivity index (χ2n) is 14.1. The molecule has 2 aromatic rings. The Bertz CT molecular complexity index is 1450. The van der Waals surface area contributed by atoms with Gasteiger partial charge >= 0.3 is 12.1 Å². The summed E-state index contributed by atoms with van der Waals surface area (Å²) in [5, 5.41) is 13.5. The van der Waals surface area contributed by atoms with E-state index < -0.39 is 18.1 Å². The van der Waals surface area contributed by atoms with Crippen LogP contribution in [-0.2, 0) is 17.6 Å². The van der Waals surface area contributed by atoms with Crippen LogP contribution in [0.5, 0.6) is 0 Å². The van der Waals surface area contributed by atoms with Crippen molar-refractivity contribution in [2.24, 2.45) is 17.8 Å². The van der Waals surface area contributed by atoms with Crippen molar-refractivity contribution in [1.82, 2.24) is 19.6 Å². The van der Waals surface area contributed by atoms with Crippen molar-refractivity contribution in [2.75, 3.05) is 51.6 Å². The van der Waals surface area contributed by atoms with Crippen molar-refractivity contribution < 1.29 is 19.5 Å². The van der Waals surface area contributed by atoms with E-state index in [4.69, 9.17) is 0 Å². The third-order valence-corrected chi connectivity index (χ3v) is 13.0. The highest BCUT2D eigenvalue weighted by Gasteiger charge is 2.44. The number of carbonyl (C=O) groups excluding carboxylic acids is 2. The Kier molecular flexibility index (Phi) is 10.8. The normalized spacial score (nSPS) is 24.0. The zero-order valence-corrected chi connectivity index (χ0v) is 30.6. The molecule has 2 N–H and O–H groups in total. The number of likely N-dealkylation sites (tertiary alicyclic amines) is 3. The minimum atomic E-state index is -1.01. The first-order chi connectivity index (χ1) is 22.6. The van der Waals surface area contributed by atoms with Crippen LogP contribution in [0.1, 0.15) is 55.2 Å². The van der Waals surface area contributed by atoms with Gasteiger partial charge in [0.1, 0.15) is 0 Å². The summed E-state index contributed by atoms with van der Waals surface area (Å²) in [4.78, 5) is 48.7. The van der Waals surface area contributed by atoms with Crippen LogP contribution in [-0.4, -0.2) is 101 Å². The van der Waals surface area contributed by atoms with E-state index in [1.54, 1.807) is 0 Å². The largest absolute Gasteiger partial charge is 0.465 e. The predicted molar refractivity (Wildman–Crippen MR) is 191 cm³/mol. The van der Waals surface area contributed by atoms with Gasteiger partial charge in [-0.3, -0.25) is 4.79 Å². The van der Waals surface area contributed by atoms with E-state index in [1.807, 2.05) is 41.0 Å². The molecular weight excluding hydrogens is 726 g/mol. The highest BCUT2D eigenvalue weighted by Crippen LogP contribution is 2.37. The number of carbonyl (C=O) groups is 3. The van der Waals surface area contributed by atoms with E-state index in [1.165, 1.54) is 17.7 Å². The monoisotopic (exact) mass is 771 g/mol. The van der Waals surface area contributed by atoms with Crippen LogP contribution < -0.4 is 5.32 Å². The third kappa shape index (κ3) is 7.67. The standard InChI is InChI=1S/C36H47Br2N5O4/c1-23-30(37)20-24(21-31(23)38)19-29(34(44)41-15-9-26(10-16-41)25-7-13-40(2)14-8-25)33-22-28(12-18-43(33)36(46)47)42-17-11-27-5-3-4-6-32(27)39-35(42)45/h3-6,20-21,25-26,28-29,33H,7-19,22H2,1-2H3,(H,39,45)(H,46,47)/t28?,29?,33-/m1/s1. The van der Waals surface area contributed by atoms with Crippen molar-refractivity contribution in [2.45, 2.75) is 70.4 Å². The van der Waals surface area contributed by atoms with Gasteiger partial charge in [0.05, 0.1) is 5.92 Å². The average molecular weight is 774 g/mol. The van der Waals surface area contributed by atoms with Gasteiger partial charge in [-0.05, 0) is 125 Å². The number of piperidine rings is 3. The van der Waals surface area contributed by atoms with Crippen LogP contribution in [0.15, 0.2) is 45.3 Å². The van der Waals surface area contributed by atoms with Crippen molar-refractivity contribution in [3.63, 3.8) is 0 Å². The molecule has 4 amide bonds. The first-order valence-corrected chi connectivity index (χ1v) is 18.7. The Balaban J connectivity index is 1.25. The molecule has 3 atom stereocenters. The Morgan fingerprint density at radius 3 is 2.23 bits per heavy atom. The van der Waals surface area contributed by atoms with Gasteiger partial charge in [-0.25, -0.2) is 9.59 Å². The van der Waals surface area contributed by atoms with E-state index in [0.717, 1.165) is 63.7 Å². The van der Waals surface area contributed by atoms with E-state index in [9.17, 15) is 19.5 Å². The van der Waals surface area contributed by atoms with Crippen LogP contribution in [0, 0.1) is 24.7 Å². The maximum Gasteiger partial charge on any atom is 0.407 e. The minimum Gasteiger partial charge on any atom is -0.465 e. The summed E-state index contributed by atoms with van der Waals surface area (Å²) < 4.78 is 1.90. The number of para-hydroxylation sites is 1. The number of hydrogen-bond donors (Lipinski definition) is 2. The van der Waals surface area contributed by atoms with E-state index >= 15 is 0 Å². The van der Waals surface area contributed by atoms with Crippen molar-refractivity contribution in [3.05, 3.63) is 62.0 Å². The zero-order chi connectivity index (χ0) is 33.2. The number of rotatable bonds is 6. The predicted octanol–water partition coefficient (Wildman–Crippen LogP) is 6.86. The summed E-state index contributed by atoms with van der Waals surface area (Å²) in [6.07, 6.45) is 5.54. The second kappa shape index (κ2) is 14.9. The zero-order valence-electron chi connectivity index (χ0n) is 27.5. The molecule has 0 radical (unpaired) electrons. The quantitative estimate of drug-likeness (QED) is 0.335. The number of hydrogen-bond acceptors (Lipinski definition) is 4. The molecular formula is C36H47Br2N5O4. The van der Waals surface area contributed by atoms with Crippen molar-refractivity contribution in [3.8, 4) is 0 Å². The van der Waals surface area contributed by atoms with Gasteiger partial charge in [0.2, 0.25) is 5.91 Å². The molecule has 3 fully saturated rings. The van der Waals surface area contributed by atoms with Gasteiger partial charge in [-0.15, -0.1) is 0 Å².